The predicted molar refractivity (Wildman–Crippen MR) is 70.4 cm³/mol. The quantitative estimate of drug-likeness (QED) is 0.705. The Bertz CT molecular complexity index is 357. The number of ether oxygens (including phenoxy) is 2. The summed E-state index contributed by atoms with van der Waals surface area (Å²) < 4.78 is 10.6. The molecular formula is C13H22N2O5. The van der Waals surface area contributed by atoms with Gasteiger partial charge in [-0.1, -0.05) is 0 Å². The van der Waals surface area contributed by atoms with Crippen LogP contribution in [0.4, 0.5) is 0 Å². The van der Waals surface area contributed by atoms with E-state index >= 15 is 0 Å². The van der Waals surface area contributed by atoms with Crippen LogP contribution in [0.2, 0.25) is 0 Å². The normalized spacial score (nSPS) is 28.4. The molecule has 2 rings (SSSR count). The van der Waals surface area contributed by atoms with Gasteiger partial charge in [-0.25, -0.2) is 4.79 Å². The van der Waals surface area contributed by atoms with Gasteiger partial charge in [0, 0.05) is 19.6 Å². The molecule has 7 nitrogen and oxygen atoms in total. The molecule has 114 valence electrons. The highest BCUT2D eigenvalue weighted by Gasteiger charge is 2.31. The first-order chi connectivity index (χ1) is 9.58. The van der Waals surface area contributed by atoms with Crippen molar-refractivity contribution in [1.82, 2.24) is 10.2 Å². The van der Waals surface area contributed by atoms with Crippen molar-refractivity contribution in [2.75, 3.05) is 32.8 Å². The Labute approximate surface area is 118 Å². The van der Waals surface area contributed by atoms with E-state index in [4.69, 9.17) is 14.6 Å². The maximum atomic E-state index is 12.1. The predicted octanol–water partition coefficient (Wildman–Crippen LogP) is -0.544. The molecule has 2 heterocycles. The summed E-state index contributed by atoms with van der Waals surface area (Å²) in [6.45, 7) is 4.76. The summed E-state index contributed by atoms with van der Waals surface area (Å²) in [5, 5.41) is 12.0. The van der Waals surface area contributed by atoms with Crippen molar-refractivity contribution in [3.8, 4) is 0 Å². The summed E-state index contributed by atoms with van der Waals surface area (Å²) in [5.41, 5.74) is 0. The van der Waals surface area contributed by atoms with Crippen LogP contribution in [0.5, 0.6) is 0 Å². The number of rotatable bonds is 5. The molecule has 0 aromatic carbocycles. The smallest absolute Gasteiger partial charge is 0.332 e. The molecule has 0 aliphatic carbocycles. The molecule has 2 aliphatic rings. The third-order valence-corrected chi connectivity index (χ3v) is 3.73. The molecule has 20 heavy (non-hydrogen) atoms. The third-order valence-electron chi connectivity index (χ3n) is 3.73. The number of nitrogens with zero attached hydrogens (tertiary/aromatic N) is 1. The van der Waals surface area contributed by atoms with Crippen LogP contribution in [0.25, 0.3) is 0 Å². The fraction of sp³-hybridized carbons (Fsp3) is 0.846. The van der Waals surface area contributed by atoms with Crippen LogP contribution in [0.3, 0.4) is 0 Å². The summed E-state index contributed by atoms with van der Waals surface area (Å²) in [4.78, 5) is 24.7. The van der Waals surface area contributed by atoms with Gasteiger partial charge in [0.05, 0.1) is 25.4 Å². The second-order valence-electron chi connectivity index (χ2n) is 5.23. The van der Waals surface area contributed by atoms with Crippen LogP contribution in [-0.4, -0.2) is 73.0 Å². The number of carboxylic acid groups (broad SMARTS) is 1. The number of hydrogen-bond acceptors (Lipinski definition) is 5. The van der Waals surface area contributed by atoms with Gasteiger partial charge in [-0.2, -0.15) is 0 Å². The van der Waals surface area contributed by atoms with Gasteiger partial charge in [0.2, 0.25) is 5.91 Å². The van der Waals surface area contributed by atoms with Gasteiger partial charge in [-0.3, -0.25) is 4.79 Å². The van der Waals surface area contributed by atoms with E-state index in [1.807, 2.05) is 6.92 Å². The Morgan fingerprint density at radius 2 is 2.05 bits per heavy atom. The van der Waals surface area contributed by atoms with E-state index in [0.29, 0.717) is 45.7 Å². The summed E-state index contributed by atoms with van der Waals surface area (Å²) in [5.74, 6) is -0.856. The maximum Gasteiger partial charge on any atom is 0.332 e. The minimum absolute atomic E-state index is 0.0566. The molecular weight excluding hydrogens is 264 g/mol. The second-order valence-corrected chi connectivity index (χ2v) is 5.23. The average molecular weight is 286 g/mol. The van der Waals surface area contributed by atoms with E-state index in [2.05, 4.69) is 5.32 Å². The van der Waals surface area contributed by atoms with E-state index in [0.717, 1.165) is 0 Å². The Morgan fingerprint density at radius 1 is 1.35 bits per heavy atom. The van der Waals surface area contributed by atoms with Crippen molar-refractivity contribution >= 4 is 11.9 Å². The SMILES string of the molecule is CC(NCC1CCC(C(=O)O)O1)C(=O)N1CCOCC1. The Kier molecular flexibility index (Phi) is 5.33. The Hall–Kier alpha value is -1.18. The molecule has 0 bridgehead atoms. The highest BCUT2D eigenvalue weighted by atomic mass is 16.5. The molecule has 0 spiro atoms. The molecule has 1 amide bonds. The number of morpholine rings is 1. The van der Waals surface area contributed by atoms with Crippen molar-refractivity contribution in [3.63, 3.8) is 0 Å². The molecule has 2 saturated heterocycles. The molecule has 2 fully saturated rings. The lowest BCUT2D eigenvalue weighted by molar-refractivity contribution is -0.149. The maximum absolute atomic E-state index is 12.1. The molecule has 0 saturated carbocycles. The van der Waals surface area contributed by atoms with Crippen LogP contribution in [-0.2, 0) is 19.1 Å². The van der Waals surface area contributed by atoms with E-state index < -0.39 is 12.1 Å². The molecule has 2 N–H and O–H groups in total. The first-order valence-corrected chi connectivity index (χ1v) is 7.06. The minimum atomic E-state index is -0.912. The van der Waals surface area contributed by atoms with Crippen molar-refractivity contribution < 1.29 is 24.2 Å². The fourth-order valence-electron chi connectivity index (χ4n) is 2.49. The molecule has 0 radical (unpaired) electrons. The number of carbonyl (C=O) groups is 2. The average Bonchev–Trinajstić information content (AvgIpc) is 2.94. The van der Waals surface area contributed by atoms with Crippen molar-refractivity contribution in [2.24, 2.45) is 0 Å². The number of carbonyl (C=O) groups excluding carboxylic acids is 1. The zero-order valence-electron chi connectivity index (χ0n) is 11.7. The molecule has 2 aliphatic heterocycles. The van der Waals surface area contributed by atoms with Crippen molar-refractivity contribution in [3.05, 3.63) is 0 Å². The summed E-state index contributed by atoms with van der Waals surface area (Å²) in [6.07, 6.45) is 0.415. The van der Waals surface area contributed by atoms with Gasteiger partial charge >= 0.3 is 5.97 Å². The fourth-order valence-corrected chi connectivity index (χ4v) is 2.49. The Balaban J connectivity index is 1.70. The van der Waals surface area contributed by atoms with Gasteiger partial charge < -0.3 is 24.8 Å². The largest absolute Gasteiger partial charge is 0.479 e. The van der Waals surface area contributed by atoms with Gasteiger partial charge in [0.25, 0.3) is 0 Å². The van der Waals surface area contributed by atoms with Crippen molar-refractivity contribution in [1.29, 1.82) is 0 Å². The number of nitrogens with one attached hydrogen (secondary N) is 1. The van der Waals surface area contributed by atoms with Gasteiger partial charge in [-0.05, 0) is 19.8 Å². The Morgan fingerprint density at radius 3 is 2.65 bits per heavy atom. The zero-order valence-corrected chi connectivity index (χ0v) is 11.7. The van der Waals surface area contributed by atoms with Crippen LogP contribution >= 0.6 is 0 Å². The van der Waals surface area contributed by atoms with Gasteiger partial charge in [-0.15, -0.1) is 0 Å². The molecule has 7 heteroatoms. The van der Waals surface area contributed by atoms with E-state index in [1.54, 1.807) is 4.90 Å². The van der Waals surface area contributed by atoms with Gasteiger partial charge in [0.15, 0.2) is 6.10 Å². The zero-order chi connectivity index (χ0) is 14.5. The molecule has 3 unspecified atom stereocenters. The lowest BCUT2D eigenvalue weighted by Gasteiger charge is -2.29. The number of carboxylic acids is 1. The topological polar surface area (TPSA) is 88.1 Å². The minimum Gasteiger partial charge on any atom is -0.479 e. The van der Waals surface area contributed by atoms with Crippen molar-refractivity contribution in [2.45, 2.75) is 38.0 Å². The van der Waals surface area contributed by atoms with E-state index in [-0.39, 0.29) is 18.1 Å². The van der Waals surface area contributed by atoms with E-state index in [9.17, 15) is 9.59 Å². The first kappa shape index (κ1) is 15.2. The standard InChI is InChI=1S/C13H22N2O5/c1-9(12(16)15-4-6-19-7-5-15)14-8-10-2-3-11(20-10)13(17)18/h9-11,14H,2-8H2,1H3,(H,17,18). The third kappa shape index (κ3) is 3.91. The molecule has 0 aromatic heterocycles. The number of hydrogen-bond donors (Lipinski definition) is 2. The van der Waals surface area contributed by atoms with Crippen LogP contribution in [0, 0.1) is 0 Å². The summed E-state index contributed by atoms with van der Waals surface area (Å²) >= 11 is 0. The van der Waals surface area contributed by atoms with Crippen LogP contribution in [0.15, 0.2) is 0 Å². The van der Waals surface area contributed by atoms with Crippen LogP contribution in [0.1, 0.15) is 19.8 Å². The lowest BCUT2D eigenvalue weighted by atomic mass is 10.2. The summed E-state index contributed by atoms with van der Waals surface area (Å²) in [6, 6.07) is -0.291. The second kappa shape index (κ2) is 7.01. The monoisotopic (exact) mass is 286 g/mol. The molecule has 3 atom stereocenters. The number of amides is 1. The van der Waals surface area contributed by atoms with E-state index in [1.165, 1.54) is 0 Å². The van der Waals surface area contributed by atoms with Gasteiger partial charge in [0.1, 0.15) is 0 Å². The highest BCUT2D eigenvalue weighted by molar-refractivity contribution is 5.81. The van der Waals surface area contributed by atoms with Crippen LogP contribution < -0.4 is 5.32 Å². The molecule has 0 aromatic rings. The first-order valence-electron chi connectivity index (χ1n) is 7.06. The highest BCUT2D eigenvalue weighted by Crippen LogP contribution is 2.19. The lowest BCUT2D eigenvalue weighted by Crippen LogP contribution is -2.50. The summed E-state index contributed by atoms with van der Waals surface area (Å²) in [7, 11) is 0. The number of aliphatic carboxylic acids is 1.